The van der Waals surface area contributed by atoms with Gasteiger partial charge in [-0.25, -0.2) is 0 Å². The molecule has 16 heavy (non-hydrogen) atoms. The number of nitrogens with zero attached hydrogens (tertiary/aromatic N) is 1. The number of nitrogens with two attached hydrogens (primary N) is 1. The van der Waals surface area contributed by atoms with Crippen molar-refractivity contribution < 1.29 is 0 Å². The maximum absolute atomic E-state index is 6.24. The van der Waals surface area contributed by atoms with Gasteiger partial charge < -0.3 is 5.73 Å². The van der Waals surface area contributed by atoms with Crippen LogP contribution in [0.5, 0.6) is 0 Å². The lowest BCUT2D eigenvalue weighted by Crippen LogP contribution is -2.12. The van der Waals surface area contributed by atoms with Crippen LogP contribution in [0.15, 0.2) is 36.5 Å². The highest BCUT2D eigenvalue weighted by atomic mass is 35.5. The molecule has 0 amide bonds. The molecule has 1 atom stereocenters. The first kappa shape index (κ1) is 11.4. The van der Waals surface area contributed by atoms with Crippen molar-refractivity contribution in [3.8, 4) is 0 Å². The molecule has 0 spiro atoms. The summed E-state index contributed by atoms with van der Waals surface area (Å²) in [5.41, 5.74) is 8.54. The molecule has 1 heterocycles. The molecule has 1 aromatic carbocycles. The molecular formula is C13H15ClN2. The van der Waals surface area contributed by atoms with Gasteiger partial charge in [0.15, 0.2) is 0 Å². The summed E-state index contributed by atoms with van der Waals surface area (Å²) in [5, 5.41) is 1.21. The standard InChI is InChI=1S/C13H14N2.ClH/c14-13(9-5-6-9)11-7-8-15-12-4-2-1-3-10(11)12;/h1-4,7-9,13H,5-6,14H2;1H/t13-;/m0./s1. The molecule has 3 rings (SSSR count). The third-order valence-corrected chi connectivity index (χ3v) is 3.17. The highest BCUT2D eigenvalue weighted by Crippen LogP contribution is 2.40. The lowest BCUT2D eigenvalue weighted by atomic mass is 9.99. The summed E-state index contributed by atoms with van der Waals surface area (Å²) < 4.78 is 0. The van der Waals surface area contributed by atoms with E-state index in [4.69, 9.17) is 5.73 Å². The van der Waals surface area contributed by atoms with Gasteiger partial charge in [0.1, 0.15) is 0 Å². The number of halogens is 1. The number of para-hydroxylation sites is 1. The molecule has 1 saturated carbocycles. The molecule has 2 aromatic rings. The van der Waals surface area contributed by atoms with Crippen LogP contribution in [-0.2, 0) is 0 Å². The monoisotopic (exact) mass is 234 g/mol. The second-order valence-electron chi connectivity index (χ2n) is 4.28. The largest absolute Gasteiger partial charge is 0.324 e. The fraction of sp³-hybridized carbons (Fsp3) is 0.308. The van der Waals surface area contributed by atoms with Crippen molar-refractivity contribution in [2.45, 2.75) is 18.9 Å². The Morgan fingerprint density at radius 3 is 2.69 bits per heavy atom. The molecule has 1 aliphatic rings. The van der Waals surface area contributed by atoms with Crippen molar-refractivity contribution in [2.24, 2.45) is 11.7 Å². The Bertz CT molecular complexity index is 489. The first-order valence-corrected chi connectivity index (χ1v) is 5.45. The number of benzene rings is 1. The van der Waals surface area contributed by atoms with Gasteiger partial charge in [0.2, 0.25) is 0 Å². The summed E-state index contributed by atoms with van der Waals surface area (Å²) in [7, 11) is 0. The Hall–Kier alpha value is -1.12. The number of fused-ring (bicyclic) bond motifs is 1. The molecular weight excluding hydrogens is 220 g/mol. The number of hydrogen-bond donors (Lipinski definition) is 1. The topological polar surface area (TPSA) is 38.9 Å². The zero-order valence-corrected chi connectivity index (χ0v) is 9.78. The van der Waals surface area contributed by atoms with Crippen LogP contribution in [0.2, 0.25) is 0 Å². The van der Waals surface area contributed by atoms with Crippen molar-refractivity contribution in [1.29, 1.82) is 0 Å². The Balaban J connectivity index is 0.000000963. The maximum Gasteiger partial charge on any atom is 0.0705 e. The second kappa shape index (κ2) is 4.40. The third kappa shape index (κ3) is 1.91. The fourth-order valence-electron chi connectivity index (χ4n) is 2.12. The third-order valence-electron chi connectivity index (χ3n) is 3.17. The number of aromatic nitrogens is 1. The van der Waals surface area contributed by atoms with Crippen molar-refractivity contribution >= 4 is 23.3 Å². The quantitative estimate of drug-likeness (QED) is 0.868. The summed E-state index contributed by atoms with van der Waals surface area (Å²) in [4.78, 5) is 4.35. The van der Waals surface area contributed by atoms with Crippen LogP contribution in [-0.4, -0.2) is 4.98 Å². The minimum absolute atomic E-state index is 0. The minimum atomic E-state index is 0. The van der Waals surface area contributed by atoms with E-state index >= 15 is 0 Å². The average molecular weight is 235 g/mol. The van der Waals surface area contributed by atoms with E-state index in [1.807, 2.05) is 24.4 Å². The van der Waals surface area contributed by atoms with Crippen LogP contribution in [0.25, 0.3) is 10.9 Å². The van der Waals surface area contributed by atoms with Crippen LogP contribution in [0.3, 0.4) is 0 Å². The van der Waals surface area contributed by atoms with Gasteiger partial charge in [-0.05, 0) is 36.5 Å². The summed E-state index contributed by atoms with van der Waals surface area (Å²) in [6.45, 7) is 0. The van der Waals surface area contributed by atoms with Crippen LogP contribution in [0, 0.1) is 5.92 Å². The Labute approximate surface area is 101 Å². The van der Waals surface area contributed by atoms with Gasteiger partial charge in [-0.15, -0.1) is 12.4 Å². The normalized spacial score (nSPS) is 16.8. The van der Waals surface area contributed by atoms with Gasteiger partial charge in [0.05, 0.1) is 5.52 Å². The first-order chi connectivity index (χ1) is 7.36. The predicted molar refractivity (Wildman–Crippen MR) is 68.6 cm³/mol. The highest BCUT2D eigenvalue weighted by Gasteiger charge is 2.30. The summed E-state index contributed by atoms with van der Waals surface area (Å²) >= 11 is 0. The van der Waals surface area contributed by atoms with Crippen molar-refractivity contribution in [3.63, 3.8) is 0 Å². The van der Waals surface area contributed by atoms with E-state index in [9.17, 15) is 0 Å². The van der Waals surface area contributed by atoms with E-state index in [2.05, 4.69) is 17.1 Å². The van der Waals surface area contributed by atoms with Crippen LogP contribution < -0.4 is 5.73 Å². The SMILES string of the molecule is Cl.N[C@H](c1ccnc2ccccc12)C1CC1. The van der Waals surface area contributed by atoms with E-state index in [0.29, 0.717) is 5.92 Å². The molecule has 0 radical (unpaired) electrons. The van der Waals surface area contributed by atoms with E-state index in [1.165, 1.54) is 23.8 Å². The fourth-order valence-corrected chi connectivity index (χ4v) is 2.12. The second-order valence-corrected chi connectivity index (χ2v) is 4.28. The van der Waals surface area contributed by atoms with Gasteiger partial charge in [-0.1, -0.05) is 18.2 Å². The van der Waals surface area contributed by atoms with E-state index < -0.39 is 0 Å². The molecule has 2 nitrogen and oxygen atoms in total. The molecule has 0 unspecified atom stereocenters. The van der Waals surface area contributed by atoms with Crippen LogP contribution >= 0.6 is 12.4 Å². The molecule has 1 aliphatic carbocycles. The van der Waals surface area contributed by atoms with E-state index in [0.717, 1.165) is 5.52 Å². The molecule has 0 saturated heterocycles. The number of pyridine rings is 1. The van der Waals surface area contributed by atoms with Gasteiger partial charge in [-0.2, -0.15) is 0 Å². The van der Waals surface area contributed by atoms with E-state index in [1.54, 1.807) is 0 Å². The van der Waals surface area contributed by atoms with Crippen molar-refractivity contribution in [1.82, 2.24) is 4.98 Å². The Morgan fingerprint density at radius 2 is 1.94 bits per heavy atom. The molecule has 0 bridgehead atoms. The number of rotatable bonds is 2. The van der Waals surface area contributed by atoms with Gasteiger partial charge in [0, 0.05) is 17.6 Å². The zero-order chi connectivity index (χ0) is 10.3. The lowest BCUT2D eigenvalue weighted by Gasteiger charge is -2.12. The smallest absolute Gasteiger partial charge is 0.0705 e. The van der Waals surface area contributed by atoms with Crippen LogP contribution in [0.4, 0.5) is 0 Å². The van der Waals surface area contributed by atoms with E-state index in [-0.39, 0.29) is 18.4 Å². The van der Waals surface area contributed by atoms with Crippen LogP contribution in [0.1, 0.15) is 24.4 Å². The summed E-state index contributed by atoms with van der Waals surface area (Å²) in [6, 6.07) is 10.5. The van der Waals surface area contributed by atoms with Gasteiger partial charge in [-0.3, -0.25) is 4.98 Å². The Kier molecular flexibility index (Phi) is 3.13. The minimum Gasteiger partial charge on any atom is -0.324 e. The maximum atomic E-state index is 6.24. The summed E-state index contributed by atoms with van der Waals surface area (Å²) in [6.07, 6.45) is 4.41. The highest BCUT2D eigenvalue weighted by molar-refractivity contribution is 5.85. The first-order valence-electron chi connectivity index (χ1n) is 5.45. The molecule has 84 valence electrons. The van der Waals surface area contributed by atoms with Crippen molar-refractivity contribution in [3.05, 3.63) is 42.1 Å². The van der Waals surface area contributed by atoms with Crippen molar-refractivity contribution in [2.75, 3.05) is 0 Å². The number of hydrogen-bond acceptors (Lipinski definition) is 2. The summed E-state index contributed by atoms with van der Waals surface area (Å²) in [5.74, 6) is 0.691. The molecule has 0 aliphatic heterocycles. The molecule has 1 aromatic heterocycles. The predicted octanol–water partition coefficient (Wildman–Crippen LogP) is 3.07. The van der Waals surface area contributed by atoms with Gasteiger partial charge >= 0.3 is 0 Å². The zero-order valence-electron chi connectivity index (χ0n) is 8.97. The average Bonchev–Trinajstić information content (AvgIpc) is 3.11. The van der Waals surface area contributed by atoms with Gasteiger partial charge in [0.25, 0.3) is 0 Å². The molecule has 2 N–H and O–H groups in total. The molecule has 3 heteroatoms. The molecule has 1 fully saturated rings. The lowest BCUT2D eigenvalue weighted by molar-refractivity contribution is 0.638. The Morgan fingerprint density at radius 1 is 1.19 bits per heavy atom.